The maximum absolute atomic E-state index is 13.6. The number of aliphatic imine (C=N–C) groups is 1. The molecule has 0 spiro atoms. The summed E-state index contributed by atoms with van der Waals surface area (Å²) in [6.07, 6.45) is 3.21. The van der Waals surface area contributed by atoms with Gasteiger partial charge in [0.25, 0.3) is 0 Å². The molecule has 6 heteroatoms. The van der Waals surface area contributed by atoms with Gasteiger partial charge in [-0.1, -0.05) is 78.4 Å². The minimum absolute atomic E-state index is 0.0794. The van der Waals surface area contributed by atoms with E-state index in [-0.39, 0.29) is 17.2 Å². The van der Waals surface area contributed by atoms with Crippen LogP contribution in [0.15, 0.2) is 111 Å². The first-order valence-corrected chi connectivity index (χ1v) is 14.5. The van der Waals surface area contributed by atoms with E-state index in [9.17, 15) is 9.90 Å². The summed E-state index contributed by atoms with van der Waals surface area (Å²) in [5, 5.41) is 17.3. The molecule has 2 aromatic heterocycles. The Morgan fingerprint density at radius 1 is 0.837 bits per heavy atom. The number of hydrogen-bond donors (Lipinski definition) is 1. The van der Waals surface area contributed by atoms with E-state index in [1.165, 1.54) is 5.56 Å². The van der Waals surface area contributed by atoms with Gasteiger partial charge in [-0.15, -0.1) is 0 Å². The van der Waals surface area contributed by atoms with E-state index >= 15 is 0 Å². The molecule has 0 aliphatic carbocycles. The van der Waals surface area contributed by atoms with E-state index in [4.69, 9.17) is 14.5 Å². The van der Waals surface area contributed by atoms with E-state index in [1.54, 1.807) is 0 Å². The van der Waals surface area contributed by atoms with Gasteiger partial charge in [-0.05, 0) is 74.4 Å². The molecule has 212 valence electrons. The predicted molar refractivity (Wildman–Crippen MR) is 171 cm³/mol. The summed E-state index contributed by atoms with van der Waals surface area (Å²) in [7, 11) is 0. The van der Waals surface area contributed by atoms with Crippen molar-refractivity contribution in [1.82, 2.24) is 9.78 Å². The highest BCUT2D eigenvalue weighted by atomic mass is 16.4. The van der Waals surface area contributed by atoms with Crippen molar-refractivity contribution in [2.45, 2.75) is 39.5 Å². The molecule has 43 heavy (non-hydrogen) atoms. The molecule has 1 atom stereocenters. The van der Waals surface area contributed by atoms with Crippen LogP contribution < -0.4 is 5.63 Å². The summed E-state index contributed by atoms with van der Waals surface area (Å²) in [6, 6.07) is 30.3. The minimum atomic E-state index is -0.589. The smallest absolute Gasteiger partial charge is 0.349 e. The highest BCUT2D eigenvalue weighted by Crippen LogP contribution is 2.41. The fourth-order valence-electron chi connectivity index (χ4n) is 6.10. The summed E-state index contributed by atoms with van der Waals surface area (Å²) < 4.78 is 7.78. The third-order valence-corrected chi connectivity index (χ3v) is 8.41. The number of fused-ring (bicyclic) bond motifs is 2. The second kappa shape index (κ2) is 10.6. The van der Waals surface area contributed by atoms with Crippen molar-refractivity contribution in [2.75, 3.05) is 0 Å². The van der Waals surface area contributed by atoms with Crippen molar-refractivity contribution >= 4 is 22.4 Å². The van der Waals surface area contributed by atoms with Gasteiger partial charge in [0.1, 0.15) is 16.9 Å². The Bertz CT molecular complexity index is 2090. The van der Waals surface area contributed by atoms with E-state index < -0.39 is 5.63 Å². The average Bonchev–Trinajstić information content (AvgIpc) is 3.36. The van der Waals surface area contributed by atoms with Gasteiger partial charge in [0.15, 0.2) is 0 Å². The van der Waals surface area contributed by atoms with E-state index in [0.29, 0.717) is 29.5 Å². The number of para-hydroxylation sites is 2. The Kier molecular flexibility index (Phi) is 6.54. The SMILES string of the molecule is Cc1ccc(-c2nn(-c3ccccc3)cc2C2CC(c3c(O)c4c(C)ccc(C)c4oc3=O)=Nc3ccccc3C2)cc1. The van der Waals surface area contributed by atoms with Gasteiger partial charge < -0.3 is 9.52 Å². The number of benzene rings is 4. The summed E-state index contributed by atoms with van der Waals surface area (Å²) >= 11 is 0. The van der Waals surface area contributed by atoms with Gasteiger partial charge >= 0.3 is 5.63 Å². The molecule has 1 aliphatic rings. The first-order chi connectivity index (χ1) is 20.9. The fourth-order valence-corrected chi connectivity index (χ4v) is 6.10. The molecular formula is C37H31N3O3. The zero-order valence-electron chi connectivity index (χ0n) is 24.3. The van der Waals surface area contributed by atoms with Crippen molar-refractivity contribution in [3.63, 3.8) is 0 Å². The summed E-state index contributed by atoms with van der Waals surface area (Å²) in [4.78, 5) is 18.6. The Balaban J connectivity index is 1.43. The maximum Gasteiger partial charge on any atom is 0.349 e. The highest BCUT2D eigenvalue weighted by molar-refractivity contribution is 6.08. The molecule has 4 aromatic carbocycles. The van der Waals surface area contributed by atoms with Gasteiger partial charge in [0.05, 0.1) is 28.2 Å². The van der Waals surface area contributed by atoms with Crippen LogP contribution in [0.1, 0.15) is 45.7 Å². The number of aryl methyl sites for hydroxylation is 3. The molecule has 6 aromatic rings. The van der Waals surface area contributed by atoms with Crippen LogP contribution >= 0.6 is 0 Å². The quantitative estimate of drug-likeness (QED) is 0.219. The van der Waals surface area contributed by atoms with E-state index in [1.807, 2.05) is 79.2 Å². The van der Waals surface area contributed by atoms with Crippen LogP contribution in [0.2, 0.25) is 0 Å². The standard InChI is InChI=1S/C37H31N3O3/c1-22-13-17-25(18-14-22)34-29(21-40(39-34)28-10-5-4-6-11-28)27-19-26-9-7-8-12-30(26)38-31(20-27)33-35(41)32-23(2)15-16-24(3)36(32)43-37(33)42/h4-18,21,27,41H,19-20H2,1-3H3. The molecule has 0 saturated carbocycles. The normalized spacial score (nSPS) is 14.8. The molecular weight excluding hydrogens is 534 g/mol. The molecule has 1 N–H and O–H groups in total. The Morgan fingerprint density at radius 3 is 2.35 bits per heavy atom. The lowest BCUT2D eigenvalue weighted by Crippen LogP contribution is -2.18. The average molecular weight is 566 g/mol. The van der Waals surface area contributed by atoms with Crippen LogP contribution in [0.4, 0.5) is 5.69 Å². The van der Waals surface area contributed by atoms with Gasteiger partial charge in [-0.3, -0.25) is 4.99 Å². The highest BCUT2D eigenvalue weighted by Gasteiger charge is 2.30. The lowest BCUT2D eigenvalue weighted by atomic mass is 9.85. The Morgan fingerprint density at radius 2 is 1.56 bits per heavy atom. The van der Waals surface area contributed by atoms with Crippen LogP contribution in [0.5, 0.6) is 5.75 Å². The molecule has 6 nitrogen and oxygen atoms in total. The van der Waals surface area contributed by atoms with Crippen LogP contribution in [0, 0.1) is 20.8 Å². The third kappa shape index (κ3) is 4.75. The monoisotopic (exact) mass is 565 g/mol. The third-order valence-electron chi connectivity index (χ3n) is 8.41. The zero-order chi connectivity index (χ0) is 29.7. The van der Waals surface area contributed by atoms with Crippen LogP contribution in [0.3, 0.4) is 0 Å². The molecule has 3 heterocycles. The van der Waals surface area contributed by atoms with Crippen molar-refractivity contribution in [3.05, 3.63) is 141 Å². The van der Waals surface area contributed by atoms with Gasteiger partial charge in [-0.2, -0.15) is 5.10 Å². The van der Waals surface area contributed by atoms with Crippen LogP contribution in [-0.4, -0.2) is 20.6 Å². The predicted octanol–water partition coefficient (Wildman–Crippen LogP) is 8.13. The maximum atomic E-state index is 13.6. The largest absolute Gasteiger partial charge is 0.506 e. The van der Waals surface area contributed by atoms with Gasteiger partial charge in [-0.25, -0.2) is 9.48 Å². The van der Waals surface area contributed by atoms with Crippen molar-refractivity contribution in [3.8, 4) is 22.7 Å². The Hall–Kier alpha value is -5.23. The fraction of sp³-hybridized carbons (Fsp3) is 0.162. The number of nitrogens with zero attached hydrogens (tertiary/aromatic N) is 3. The lowest BCUT2D eigenvalue weighted by molar-refractivity contribution is 0.465. The topological polar surface area (TPSA) is 80.6 Å². The summed E-state index contributed by atoms with van der Waals surface area (Å²) in [5.41, 5.74) is 9.01. The van der Waals surface area contributed by atoms with Crippen molar-refractivity contribution in [2.24, 2.45) is 4.99 Å². The van der Waals surface area contributed by atoms with Gasteiger partial charge in [0.2, 0.25) is 0 Å². The zero-order valence-corrected chi connectivity index (χ0v) is 24.3. The molecule has 0 saturated heterocycles. The molecule has 0 bridgehead atoms. The Labute approximate surface area is 249 Å². The number of aromatic hydroxyl groups is 1. The van der Waals surface area contributed by atoms with Crippen LogP contribution in [-0.2, 0) is 6.42 Å². The second-order valence-corrected chi connectivity index (χ2v) is 11.4. The molecule has 1 aliphatic heterocycles. The van der Waals surface area contributed by atoms with E-state index in [2.05, 4.69) is 43.5 Å². The lowest BCUT2D eigenvalue weighted by Gasteiger charge is -2.17. The molecule has 7 rings (SSSR count). The molecule has 0 amide bonds. The van der Waals surface area contributed by atoms with Gasteiger partial charge in [0, 0.05) is 17.3 Å². The number of aromatic nitrogens is 2. The first kappa shape index (κ1) is 26.7. The number of rotatable bonds is 4. The minimum Gasteiger partial charge on any atom is -0.506 e. The van der Waals surface area contributed by atoms with Crippen LogP contribution in [0.25, 0.3) is 27.9 Å². The molecule has 0 radical (unpaired) electrons. The van der Waals surface area contributed by atoms with E-state index in [0.717, 1.165) is 44.9 Å². The molecule has 0 fully saturated rings. The first-order valence-electron chi connectivity index (χ1n) is 14.5. The van der Waals surface area contributed by atoms with Crippen molar-refractivity contribution < 1.29 is 9.52 Å². The second-order valence-electron chi connectivity index (χ2n) is 11.4. The van der Waals surface area contributed by atoms with Crippen molar-refractivity contribution in [1.29, 1.82) is 0 Å². The summed E-state index contributed by atoms with van der Waals surface area (Å²) in [6.45, 7) is 5.85. The number of hydrogen-bond acceptors (Lipinski definition) is 5. The summed E-state index contributed by atoms with van der Waals surface area (Å²) in [5.74, 6) is -0.160. The molecule has 1 unspecified atom stereocenters.